The lowest BCUT2D eigenvalue weighted by Crippen LogP contribution is -2.07. The Kier molecular flexibility index (Phi) is 4.87. The highest BCUT2D eigenvalue weighted by Gasteiger charge is 2.13. The van der Waals surface area contributed by atoms with Crippen LogP contribution in [0.25, 0.3) is 23.2 Å². The summed E-state index contributed by atoms with van der Waals surface area (Å²) in [7, 11) is 0. The van der Waals surface area contributed by atoms with Crippen molar-refractivity contribution >= 4 is 23.2 Å². The van der Waals surface area contributed by atoms with E-state index in [-0.39, 0.29) is 0 Å². The van der Waals surface area contributed by atoms with Crippen molar-refractivity contribution in [2.45, 2.75) is 34.2 Å². The van der Waals surface area contributed by atoms with E-state index >= 15 is 0 Å². The molecule has 2 heteroatoms. The molecule has 0 fully saturated rings. The van der Waals surface area contributed by atoms with Gasteiger partial charge in [-0.3, -0.25) is 0 Å². The Balaban J connectivity index is 1.84. The van der Waals surface area contributed by atoms with E-state index in [0.717, 1.165) is 17.9 Å². The molecule has 1 aromatic heterocycles. The molecule has 3 aromatic carbocycles. The van der Waals surface area contributed by atoms with Crippen molar-refractivity contribution in [3.8, 4) is 0 Å². The van der Waals surface area contributed by atoms with Crippen LogP contribution in [-0.4, -0.2) is 9.55 Å². The molecule has 0 radical (unpaired) electrons. The fraction of sp³-hybridized carbons (Fsp3) is 0.192. The second-order valence-electron chi connectivity index (χ2n) is 7.53. The van der Waals surface area contributed by atoms with Crippen LogP contribution in [0.4, 0.5) is 0 Å². The molecule has 0 bridgehead atoms. The second kappa shape index (κ2) is 7.47. The highest BCUT2D eigenvalue weighted by atomic mass is 15.1. The van der Waals surface area contributed by atoms with Crippen LogP contribution in [0.15, 0.2) is 60.7 Å². The minimum absolute atomic E-state index is 0.829. The predicted octanol–water partition coefficient (Wildman–Crippen LogP) is 6.49. The lowest BCUT2D eigenvalue weighted by molar-refractivity contribution is 0.799. The summed E-state index contributed by atoms with van der Waals surface area (Å²) < 4.78 is 2.34. The summed E-state index contributed by atoms with van der Waals surface area (Å²) in [6, 6.07) is 21.1. The first kappa shape index (κ1) is 18.2. The van der Waals surface area contributed by atoms with Crippen LogP contribution >= 0.6 is 0 Å². The maximum atomic E-state index is 4.90. The van der Waals surface area contributed by atoms with Gasteiger partial charge in [0.2, 0.25) is 0 Å². The van der Waals surface area contributed by atoms with E-state index in [4.69, 9.17) is 4.98 Å². The summed E-state index contributed by atoms with van der Waals surface area (Å²) >= 11 is 0. The minimum atomic E-state index is 0.829. The Hall–Kier alpha value is -3.13. The van der Waals surface area contributed by atoms with E-state index in [1.54, 1.807) is 0 Å². The van der Waals surface area contributed by atoms with Gasteiger partial charge in [0.1, 0.15) is 5.82 Å². The molecule has 0 aliphatic carbocycles. The molecule has 4 aromatic rings. The van der Waals surface area contributed by atoms with Crippen molar-refractivity contribution in [2.75, 3.05) is 0 Å². The van der Waals surface area contributed by atoms with E-state index in [2.05, 4.69) is 99.0 Å². The molecule has 4 rings (SSSR count). The zero-order valence-electron chi connectivity index (χ0n) is 17.0. The normalized spacial score (nSPS) is 11.6. The second-order valence-corrected chi connectivity index (χ2v) is 7.53. The monoisotopic (exact) mass is 366 g/mol. The molecule has 0 amide bonds. The zero-order chi connectivity index (χ0) is 19.7. The molecule has 0 aliphatic rings. The highest BCUT2D eigenvalue weighted by molar-refractivity contribution is 5.80. The summed E-state index contributed by atoms with van der Waals surface area (Å²) in [4.78, 5) is 4.90. The van der Waals surface area contributed by atoms with Gasteiger partial charge in [-0.1, -0.05) is 54.6 Å². The van der Waals surface area contributed by atoms with Gasteiger partial charge in [0.25, 0.3) is 0 Å². The van der Waals surface area contributed by atoms with Gasteiger partial charge in [-0.05, 0) is 79.3 Å². The fourth-order valence-corrected chi connectivity index (χ4v) is 3.82. The van der Waals surface area contributed by atoms with Gasteiger partial charge < -0.3 is 4.57 Å². The van der Waals surface area contributed by atoms with E-state index in [0.29, 0.717) is 0 Å². The van der Waals surface area contributed by atoms with Crippen LogP contribution in [0.1, 0.15) is 39.2 Å². The number of para-hydroxylation sites is 2. The number of rotatable bonds is 4. The third kappa shape index (κ3) is 3.38. The molecule has 28 heavy (non-hydrogen) atoms. The maximum absolute atomic E-state index is 4.90. The van der Waals surface area contributed by atoms with Crippen LogP contribution < -0.4 is 0 Å². The largest absolute Gasteiger partial charge is 0.320 e. The first-order valence-electron chi connectivity index (χ1n) is 9.79. The van der Waals surface area contributed by atoms with Gasteiger partial charge in [-0.25, -0.2) is 4.98 Å². The van der Waals surface area contributed by atoms with Gasteiger partial charge in [-0.2, -0.15) is 0 Å². The predicted molar refractivity (Wildman–Crippen MR) is 120 cm³/mol. The number of hydrogen-bond acceptors (Lipinski definition) is 1. The molecule has 0 spiro atoms. The molecule has 1 heterocycles. The van der Waals surface area contributed by atoms with Gasteiger partial charge in [0, 0.05) is 0 Å². The molecule has 140 valence electrons. The highest BCUT2D eigenvalue weighted by Crippen LogP contribution is 2.26. The molecule has 0 unspecified atom stereocenters. The first-order valence-corrected chi connectivity index (χ1v) is 9.79. The van der Waals surface area contributed by atoms with Gasteiger partial charge in [0.15, 0.2) is 0 Å². The van der Waals surface area contributed by atoms with E-state index < -0.39 is 0 Å². The summed E-state index contributed by atoms with van der Waals surface area (Å²) in [5.41, 5.74) is 10.2. The number of benzene rings is 3. The van der Waals surface area contributed by atoms with E-state index in [1.807, 2.05) is 6.07 Å². The van der Waals surface area contributed by atoms with Crippen LogP contribution in [-0.2, 0) is 6.54 Å². The summed E-state index contributed by atoms with van der Waals surface area (Å²) in [5, 5.41) is 0. The van der Waals surface area contributed by atoms with Crippen LogP contribution in [0.5, 0.6) is 0 Å². The van der Waals surface area contributed by atoms with Gasteiger partial charge in [0.05, 0.1) is 17.6 Å². The smallest absolute Gasteiger partial charge is 0.134 e. The number of aromatic nitrogens is 2. The third-order valence-corrected chi connectivity index (χ3v) is 5.75. The van der Waals surface area contributed by atoms with E-state index in [1.165, 1.54) is 38.9 Å². The number of imidazole rings is 1. The fourth-order valence-electron chi connectivity index (χ4n) is 3.82. The summed E-state index contributed by atoms with van der Waals surface area (Å²) in [6.45, 7) is 9.70. The number of aryl methyl sites for hydroxylation is 2. The average Bonchev–Trinajstić information content (AvgIpc) is 3.06. The third-order valence-electron chi connectivity index (χ3n) is 5.75. The average molecular weight is 367 g/mol. The quantitative estimate of drug-likeness (QED) is 0.404. The first-order chi connectivity index (χ1) is 13.5. The molecule has 0 aliphatic heterocycles. The van der Waals surface area contributed by atoms with Gasteiger partial charge >= 0.3 is 0 Å². The molecule has 2 nitrogen and oxygen atoms in total. The number of hydrogen-bond donors (Lipinski definition) is 0. The Labute approximate surface area is 167 Å². The van der Waals surface area contributed by atoms with Crippen molar-refractivity contribution in [3.05, 3.63) is 99.9 Å². The Morgan fingerprint density at radius 2 is 1.43 bits per heavy atom. The summed E-state index contributed by atoms with van der Waals surface area (Å²) in [5.74, 6) is 0.989. The standard InChI is InChI=1S/C26H26N2/c1-18-16-19(2)21(4)23(20(18)3)17-28-25-13-9-8-12-24(25)27-26(28)15-14-22-10-6-5-7-11-22/h5-16H,17H2,1-4H3/b15-14+. The Morgan fingerprint density at radius 3 is 2.14 bits per heavy atom. The van der Waals surface area contributed by atoms with Gasteiger partial charge in [-0.15, -0.1) is 0 Å². The number of nitrogens with zero attached hydrogens (tertiary/aromatic N) is 2. The molecule has 0 atom stereocenters. The van der Waals surface area contributed by atoms with Crippen LogP contribution in [0, 0.1) is 27.7 Å². The molecule has 0 saturated carbocycles. The van der Waals surface area contributed by atoms with Crippen molar-refractivity contribution in [2.24, 2.45) is 0 Å². The SMILES string of the molecule is Cc1cc(C)c(C)c(Cn2c(/C=C/c3ccccc3)nc3ccccc32)c1C. The zero-order valence-corrected chi connectivity index (χ0v) is 17.0. The van der Waals surface area contributed by atoms with E-state index in [9.17, 15) is 0 Å². The summed E-state index contributed by atoms with van der Waals surface area (Å²) in [6.07, 6.45) is 4.27. The Morgan fingerprint density at radius 1 is 0.786 bits per heavy atom. The topological polar surface area (TPSA) is 17.8 Å². The lowest BCUT2D eigenvalue weighted by Gasteiger charge is -2.17. The van der Waals surface area contributed by atoms with Crippen molar-refractivity contribution in [1.82, 2.24) is 9.55 Å². The van der Waals surface area contributed by atoms with Crippen molar-refractivity contribution in [1.29, 1.82) is 0 Å². The molecular formula is C26H26N2. The minimum Gasteiger partial charge on any atom is -0.320 e. The molecule has 0 saturated heterocycles. The Bertz CT molecular complexity index is 1140. The van der Waals surface area contributed by atoms with Crippen molar-refractivity contribution in [3.63, 3.8) is 0 Å². The van der Waals surface area contributed by atoms with Crippen LogP contribution in [0.2, 0.25) is 0 Å². The molecular weight excluding hydrogens is 340 g/mol. The van der Waals surface area contributed by atoms with Crippen LogP contribution in [0.3, 0.4) is 0 Å². The maximum Gasteiger partial charge on any atom is 0.134 e. The van der Waals surface area contributed by atoms with Crippen molar-refractivity contribution < 1.29 is 0 Å². The number of fused-ring (bicyclic) bond motifs is 1. The molecule has 0 N–H and O–H groups in total. The lowest BCUT2D eigenvalue weighted by atomic mass is 9.94.